The van der Waals surface area contributed by atoms with Gasteiger partial charge < -0.3 is 5.11 Å². The molecule has 0 spiro atoms. The molecule has 1 N–H and O–H groups in total. The van der Waals surface area contributed by atoms with Gasteiger partial charge in [-0.2, -0.15) is 13.2 Å². The molecule has 0 aliphatic rings. The van der Waals surface area contributed by atoms with Crippen LogP contribution in [0.3, 0.4) is 0 Å². The van der Waals surface area contributed by atoms with E-state index in [-0.39, 0.29) is 16.4 Å². The monoisotopic (exact) mass is 305 g/mol. The third-order valence-corrected chi connectivity index (χ3v) is 2.99. The lowest BCUT2D eigenvalue weighted by Gasteiger charge is -2.12. The lowest BCUT2D eigenvalue weighted by atomic mass is 10.1. The molecule has 0 bridgehead atoms. The fourth-order valence-electron chi connectivity index (χ4n) is 1.69. The van der Waals surface area contributed by atoms with Gasteiger partial charge in [-0.3, -0.25) is 0 Å². The molecule has 1 unspecified atom stereocenters. The van der Waals surface area contributed by atoms with E-state index >= 15 is 0 Å². The Morgan fingerprint density at radius 3 is 2.70 bits per heavy atom. The Kier molecular flexibility index (Phi) is 4.01. The summed E-state index contributed by atoms with van der Waals surface area (Å²) in [4.78, 5) is 0. The van der Waals surface area contributed by atoms with Crippen LogP contribution in [0.5, 0.6) is 0 Å². The van der Waals surface area contributed by atoms with E-state index in [1.807, 2.05) is 0 Å². The van der Waals surface area contributed by atoms with Crippen molar-refractivity contribution < 1.29 is 18.3 Å². The van der Waals surface area contributed by atoms with Gasteiger partial charge in [-0.25, -0.2) is 4.68 Å². The summed E-state index contributed by atoms with van der Waals surface area (Å²) in [5, 5.41) is 16.9. The van der Waals surface area contributed by atoms with Crippen molar-refractivity contribution in [2.75, 3.05) is 0 Å². The van der Waals surface area contributed by atoms with Crippen LogP contribution in [-0.4, -0.2) is 20.1 Å². The van der Waals surface area contributed by atoms with E-state index in [9.17, 15) is 18.3 Å². The van der Waals surface area contributed by atoms with Gasteiger partial charge in [-0.15, -0.1) is 5.10 Å². The van der Waals surface area contributed by atoms with Gasteiger partial charge in [-0.1, -0.05) is 23.7 Å². The average Bonchev–Trinajstić information content (AvgIpc) is 2.86. The molecule has 0 fully saturated rings. The molecule has 1 heterocycles. The van der Waals surface area contributed by atoms with E-state index in [0.29, 0.717) is 6.42 Å². The second-order valence-corrected chi connectivity index (χ2v) is 4.61. The molecule has 0 radical (unpaired) electrons. The maximum Gasteiger partial charge on any atom is 0.418 e. The Morgan fingerprint density at radius 1 is 1.40 bits per heavy atom. The number of halogens is 4. The quantitative estimate of drug-likeness (QED) is 0.945. The van der Waals surface area contributed by atoms with Gasteiger partial charge in [0.25, 0.3) is 0 Å². The van der Waals surface area contributed by atoms with Crippen LogP contribution in [0.2, 0.25) is 5.02 Å². The Bertz CT molecular complexity index is 612. The van der Waals surface area contributed by atoms with Crippen molar-refractivity contribution in [1.82, 2.24) is 15.0 Å². The average molecular weight is 306 g/mol. The van der Waals surface area contributed by atoms with E-state index in [2.05, 4.69) is 10.3 Å². The van der Waals surface area contributed by atoms with Crippen molar-refractivity contribution in [2.24, 2.45) is 0 Å². The zero-order valence-corrected chi connectivity index (χ0v) is 11.2. The van der Waals surface area contributed by atoms with Crippen LogP contribution >= 0.6 is 11.6 Å². The number of nitrogens with zero attached hydrogens (tertiary/aromatic N) is 3. The number of rotatable bonds is 3. The molecule has 0 aliphatic carbocycles. The standard InChI is InChI=1S/C12H11ClF3N3O/c1-2-11(20)9-6-19(18-17-9)10-4-3-7(13)5-8(10)12(14,15)16/h3-6,11,20H,2H2,1H3. The summed E-state index contributed by atoms with van der Waals surface area (Å²) in [7, 11) is 0. The Balaban J connectivity index is 2.50. The SMILES string of the molecule is CCC(O)c1cn(-c2ccc(Cl)cc2C(F)(F)F)nn1. The maximum atomic E-state index is 13.0. The van der Waals surface area contributed by atoms with Crippen molar-refractivity contribution in [3.05, 3.63) is 40.7 Å². The summed E-state index contributed by atoms with van der Waals surface area (Å²) < 4.78 is 39.9. The first kappa shape index (κ1) is 14.8. The summed E-state index contributed by atoms with van der Waals surface area (Å²) in [5.74, 6) is 0. The van der Waals surface area contributed by atoms with Gasteiger partial charge in [0.15, 0.2) is 0 Å². The highest BCUT2D eigenvalue weighted by molar-refractivity contribution is 6.30. The first-order chi connectivity index (χ1) is 9.32. The molecule has 0 amide bonds. The topological polar surface area (TPSA) is 50.9 Å². The first-order valence-electron chi connectivity index (χ1n) is 5.80. The Morgan fingerprint density at radius 2 is 2.10 bits per heavy atom. The highest BCUT2D eigenvalue weighted by Crippen LogP contribution is 2.35. The minimum atomic E-state index is -4.56. The summed E-state index contributed by atoms with van der Waals surface area (Å²) in [6.45, 7) is 1.73. The molecule has 1 aromatic carbocycles. The van der Waals surface area contributed by atoms with Crippen molar-refractivity contribution in [2.45, 2.75) is 25.6 Å². The minimum Gasteiger partial charge on any atom is -0.387 e. The number of hydrogen-bond acceptors (Lipinski definition) is 3. The molecule has 0 aliphatic heterocycles. The van der Waals surface area contributed by atoms with Gasteiger partial charge in [0.1, 0.15) is 5.69 Å². The Labute approximate surface area is 117 Å². The molecule has 0 saturated heterocycles. The predicted molar refractivity (Wildman–Crippen MR) is 66.6 cm³/mol. The number of aliphatic hydroxyl groups excluding tert-OH is 1. The second kappa shape index (κ2) is 5.41. The second-order valence-electron chi connectivity index (χ2n) is 4.17. The van der Waals surface area contributed by atoms with Crippen LogP contribution < -0.4 is 0 Å². The van der Waals surface area contributed by atoms with Gasteiger partial charge in [-0.05, 0) is 24.6 Å². The number of aliphatic hydroxyl groups is 1. The zero-order valence-electron chi connectivity index (χ0n) is 10.4. The van der Waals surface area contributed by atoms with Crippen molar-refractivity contribution in [3.8, 4) is 5.69 Å². The van der Waals surface area contributed by atoms with Crippen molar-refractivity contribution in [1.29, 1.82) is 0 Å². The van der Waals surface area contributed by atoms with Crippen LogP contribution in [-0.2, 0) is 6.18 Å². The molecule has 4 nitrogen and oxygen atoms in total. The molecule has 20 heavy (non-hydrogen) atoms. The smallest absolute Gasteiger partial charge is 0.387 e. The molecular formula is C12H11ClF3N3O. The largest absolute Gasteiger partial charge is 0.418 e. The van der Waals surface area contributed by atoms with E-state index in [1.165, 1.54) is 18.3 Å². The van der Waals surface area contributed by atoms with E-state index in [4.69, 9.17) is 11.6 Å². The molecule has 0 saturated carbocycles. The third-order valence-electron chi connectivity index (χ3n) is 2.75. The summed E-state index contributed by atoms with van der Waals surface area (Å²) in [6, 6.07) is 3.38. The number of hydrogen-bond donors (Lipinski definition) is 1. The number of benzene rings is 1. The molecular weight excluding hydrogens is 295 g/mol. The first-order valence-corrected chi connectivity index (χ1v) is 6.18. The third kappa shape index (κ3) is 2.94. The van der Waals surface area contributed by atoms with Crippen LogP contribution in [0.1, 0.15) is 30.7 Å². The van der Waals surface area contributed by atoms with E-state index in [0.717, 1.165) is 10.7 Å². The molecule has 2 aromatic rings. The van der Waals surface area contributed by atoms with Gasteiger partial charge in [0.2, 0.25) is 0 Å². The minimum absolute atomic E-state index is 0.0185. The van der Waals surface area contributed by atoms with E-state index < -0.39 is 17.8 Å². The fraction of sp³-hybridized carbons (Fsp3) is 0.333. The summed E-state index contributed by atoms with van der Waals surface area (Å²) in [6.07, 6.45) is -3.75. The number of alkyl halides is 3. The molecule has 8 heteroatoms. The van der Waals surface area contributed by atoms with Crippen molar-refractivity contribution >= 4 is 11.6 Å². The molecule has 1 atom stereocenters. The highest BCUT2D eigenvalue weighted by atomic mass is 35.5. The fourth-order valence-corrected chi connectivity index (χ4v) is 1.86. The van der Waals surface area contributed by atoms with Gasteiger partial charge in [0, 0.05) is 5.02 Å². The maximum absolute atomic E-state index is 13.0. The number of aromatic nitrogens is 3. The lowest BCUT2D eigenvalue weighted by molar-refractivity contribution is -0.137. The van der Waals surface area contributed by atoms with Crippen LogP contribution in [0.15, 0.2) is 24.4 Å². The molecule has 1 aromatic heterocycles. The lowest BCUT2D eigenvalue weighted by Crippen LogP contribution is -2.11. The highest BCUT2D eigenvalue weighted by Gasteiger charge is 2.34. The molecule has 2 rings (SSSR count). The Hall–Kier alpha value is -1.60. The predicted octanol–water partition coefficient (Wildman–Crippen LogP) is 3.38. The van der Waals surface area contributed by atoms with Gasteiger partial charge in [0.05, 0.1) is 23.6 Å². The zero-order chi connectivity index (χ0) is 14.9. The van der Waals surface area contributed by atoms with Crippen LogP contribution in [0.25, 0.3) is 5.69 Å². The van der Waals surface area contributed by atoms with Crippen molar-refractivity contribution in [3.63, 3.8) is 0 Å². The van der Waals surface area contributed by atoms with Gasteiger partial charge >= 0.3 is 6.18 Å². The normalized spacial score (nSPS) is 13.5. The summed E-state index contributed by atoms with van der Waals surface area (Å²) >= 11 is 5.60. The van der Waals surface area contributed by atoms with E-state index in [1.54, 1.807) is 6.92 Å². The molecule has 108 valence electrons. The van der Waals surface area contributed by atoms with Crippen LogP contribution in [0, 0.1) is 0 Å². The summed E-state index contributed by atoms with van der Waals surface area (Å²) in [5.41, 5.74) is -0.882. The van der Waals surface area contributed by atoms with Crippen LogP contribution in [0.4, 0.5) is 13.2 Å².